The Morgan fingerprint density at radius 2 is 1.88 bits per heavy atom. The van der Waals surface area contributed by atoms with Gasteiger partial charge in [-0.1, -0.05) is 36.8 Å². The van der Waals surface area contributed by atoms with Gasteiger partial charge in [0.2, 0.25) is 5.91 Å². The number of benzene rings is 1. The minimum absolute atomic E-state index is 0.125. The second kappa shape index (κ2) is 8.80. The molecule has 6 heteroatoms. The Labute approximate surface area is 144 Å². The van der Waals surface area contributed by atoms with E-state index in [1.54, 1.807) is 4.90 Å². The number of hydrazine groups is 1. The summed E-state index contributed by atoms with van der Waals surface area (Å²) < 4.78 is 0. The molecule has 24 heavy (non-hydrogen) atoms. The predicted molar refractivity (Wildman–Crippen MR) is 94.2 cm³/mol. The third-order valence-electron chi connectivity index (χ3n) is 4.27. The van der Waals surface area contributed by atoms with Crippen molar-refractivity contribution in [2.24, 2.45) is 0 Å². The van der Waals surface area contributed by atoms with Crippen molar-refractivity contribution in [1.82, 2.24) is 21.1 Å². The molecular formula is C18H28N4O2. The third kappa shape index (κ3) is 5.62. The van der Waals surface area contributed by atoms with Crippen LogP contribution in [-0.2, 0) is 10.3 Å². The van der Waals surface area contributed by atoms with Crippen LogP contribution in [0.5, 0.6) is 0 Å². The molecule has 0 unspecified atom stereocenters. The molecule has 1 aromatic carbocycles. The summed E-state index contributed by atoms with van der Waals surface area (Å²) in [7, 11) is 0. The Bertz CT molecular complexity index is 545. The van der Waals surface area contributed by atoms with Crippen LogP contribution in [0.1, 0.15) is 45.1 Å². The summed E-state index contributed by atoms with van der Waals surface area (Å²) >= 11 is 0. The van der Waals surface area contributed by atoms with Gasteiger partial charge in [-0.2, -0.15) is 0 Å². The van der Waals surface area contributed by atoms with Crippen LogP contribution in [0.25, 0.3) is 0 Å². The molecule has 0 spiro atoms. The first-order valence-corrected chi connectivity index (χ1v) is 8.63. The zero-order valence-electron chi connectivity index (χ0n) is 14.6. The Morgan fingerprint density at radius 1 is 1.12 bits per heavy atom. The Morgan fingerprint density at radius 3 is 2.58 bits per heavy atom. The maximum Gasteiger partial charge on any atom is 0.324 e. The number of hydrogen-bond donors (Lipinski definition) is 3. The van der Waals surface area contributed by atoms with Crippen LogP contribution < -0.4 is 16.2 Å². The minimum atomic E-state index is -0.254. The lowest BCUT2D eigenvalue weighted by molar-refractivity contribution is -0.121. The second-order valence-electron chi connectivity index (χ2n) is 6.69. The number of carbonyl (C=O) groups is 2. The van der Waals surface area contributed by atoms with E-state index in [1.165, 1.54) is 5.56 Å². The lowest BCUT2D eigenvalue weighted by atomic mass is 9.95. The standard InChI is InChI=1S/C18H28N4O2/c1-18(2,15-9-5-3-6-10-15)21-19-12-7-4-8-13-22-14-11-16(23)20-17(22)24/h3,5-6,9-10,19,21H,4,7-8,11-14H2,1-2H3,(H,20,23,24). The quantitative estimate of drug-likeness (QED) is 0.478. The molecule has 1 aromatic rings. The average molecular weight is 332 g/mol. The third-order valence-corrected chi connectivity index (χ3v) is 4.27. The molecule has 1 aliphatic heterocycles. The largest absolute Gasteiger partial charge is 0.324 e. The molecule has 1 fully saturated rings. The van der Waals surface area contributed by atoms with Crippen LogP contribution in [0.2, 0.25) is 0 Å². The first-order chi connectivity index (χ1) is 11.5. The fourth-order valence-corrected chi connectivity index (χ4v) is 2.72. The van der Waals surface area contributed by atoms with Gasteiger partial charge in [-0.15, -0.1) is 0 Å². The predicted octanol–water partition coefficient (Wildman–Crippen LogP) is 2.13. The van der Waals surface area contributed by atoms with Crippen molar-refractivity contribution in [3.05, 3.63) is 35.9 Å². The lowest BCUT2D eigenvalue weighted by Gasteiger charge is -2.27. The number of hydrogen-bond acceptors (Lipinski definition) is 4. The molecule has 0 aromatic heterocycles. The van der Waals surface area contributed by atoms with E-state index in [9.17, 15) is 9.59 Å². The normalized spacial score (nSPS) is 15.5. The Balaban J connectivity index is 1.55. The number of nitrogens with one attached hydrogen (secondary N) is 3. The molecule has 2 rings (SSSR count). The monoisotopic (exact) mass is 332 g/mol. The van der Waals surface area contributed by atoms with Gasteiger partial charge in [0, 0.05) is 26.1 Å². The van der Waals surface area contributed by atoms with Gasteiger partial charge in [-0.25, -0.2) is 10.2 Å². The van der Waals surface area contributed by atoms with Gasteiger partial charge in [0.15, 0.2) is 0 Å². The molecule has 3 amide bonds. The van der Waals surface area contributed by atoms with Crippen molar-refractivity contribution >= 4 is 11.9 Å². The van der Waals surface area contributed by atoms with Gasteiger partial charge in [0.1, 0.15) is 0 Å². The van der Waals surface area contributed by atoms with E-state index < -0.39 is 0 Å². The number of nitrogens with zero attached hydrogens (tertiary/aromatic N) is 1. The maximum atomic E-state index is 11.6. The van der Waals surface area contributed by atoms with E-state index in [4.69, 9.17) is 0 Å². The molecule has 1 aliphatic rings. The number of amides is 3. The molecule has 0 atom stereocenters. The highest BCUT2D eigenvalue weighted by molar-refractivity contribution is 5.96. The summed E-state index contributed by atoms with van der Waals surface area (Å²) in [6.45, 7) is 6.41. The number of urea groups is 1. The van der Waals surface area contributed by atoms with Crippen molar-refractivity contribution in [1.29, 1.82) is 0 Å². The highest BCUT2D eigenvalue weighted by Crippen LogP contribution is 2.18. The Kier molecular flexibility index (Phi) is 6.75. The van der Waals surface area contributed by atoms with E-state index in [0.29, 0.717) is 19.5 Å². The van der Waals surface area contributed by atoms with Crippen LogP contribution in [0.4, 0.5) is 4.79 Å². The van der Waals surface area contributed by atoms with Crippen LogP contribution in [0.3, 0.4) is 0 Å². The summed E-state index contributed by atoms with van der Waals surface area (Å²) in [6, 6.07) is 10.1. The van der Waals surface area contributed by atoms with Gasteiger partial charge in [0.25, 0.3) is 0 Å². The van der Waals surface area contributed by atoms with Crippen molar-refractivity contribution in [3.8, 4) is 0 Å². The highest BCUT2D eigenvalue weighted by Gasteiger charge is 2.22. The molecule has 1 heterocycles. The van der Waals surface area contributed by atoms with Gasteiger partial charge >= 0.3 is 6.03 Å². The van der Waals surface area contributed by atoms with Gasteiger partial charge in [0.05, 0.1) is 5.54 Å². The number of carbonyl (C=O) groups excluding carboxylic acids is 2. The fourth-order valence-electron chi connectivity index (χ4n) is 2.72. The molecule has 0 aliphatic carbocycles. The maximum absolute atomic E-state index is 11.6. The summed E-state index contributed by atoms with van der Waals surface area (Å²) in [6.07, 6.45) is 3.43. The summed E-state index contributed by atoms with van der Waals surface area (Å²) in [5, 5.41) is 2.35. The van der Waals surface area contributed by atoms with Gasteiger partial charge < -0.3 is 4.90 Å². The van der Waals surface area contributed by atoms with Crippen LogP contribution in [-0.4, -0.2) is 36.5 Å². The molecule has 6 nitrogen and oxygen atoms in total. The van der Waals surface area contributed by atoms with E-state index in [-0.39, 0.29) is 17.5 Å². The molecule has 1 saturated heterocycles. The SMILES string of the molecule is CC(C)(NNCCCCCN1CCC(=O)NC1=O)c1ccccc1. The van der Waals surface area contributed by atoms with Crippen molar-refractivity contribution < 1.29 is 9.59 Å². The van der Waals surface area contributed by atoms with Crippen molar-refractivity contribution in [2.75, 3.05) is 19.6 Å². The average Bonchev–Trinajstić information content (AvgIpc) is 2.56. The number of imide groups is 1. The number of rotatable bonds is 9. The molecule has 0 bridgehead atoms. The molecular weight excluding hydrogens is 304 g/mol. The Hall–Kier alpha value is -1.92. The van der Waals surface area contributed by atoms with Crippen LogP contribution >= 0.6 is 0 Å². The fraction of sp³-hybridized carbons (Fsp3) is 0.556. The van der Waals surface area contributed by atoms with E-state index in [2.05, 4.69) is 42.1 Å². The molecule has 3 N–H and O–H groups in total. The summed E-state index contributed by atoms with van der Waals surface area (Å²) in [5.41, 5.74) is 7.77. The van der Waals surface area contributed by atoms with Crippen LogP contribution in [0.15, 0.2) is 30.3 Å². The number of unbranched alkanes of at least 4 members (excludes halogenated alkanes) is 2. The first-order valence-electron chi connectivity index (χ1n) is 8.63. The van der Waals surface area contributed by atoms with E-state index in [0.717, 1.165) is 25.8 Å². The van der Waals surface area contributed by atoms with Crippen molar-refractivity contribution in [3.63, 3.8) is 0 Å². The molecule has 0 radical (unpaired) electrons. The smallest absolute Gasteiger partial charge is 0.324 e. The summed E-state index contributed by atoms with van der Waals surface area (Å²) in [5.74, 6) is -0.174. The van der Waals surface area contributed by atoms with Gasteiger partial charge in [-0.3, -0.25) is 15.5 Å². The van der Waals surface area contributed by atoms with Gasteiger partial charge in [-0.05, 0) is 32.3 Å². The first kappa shape index (κ1) is 18.4. The van der Waals surface area contributed by atoms with Crippen LogP contribution in [0, 0.1) is 0 Å². The second-order valence-corrected chi connectivity index (χ2v) is 6.69. The summed E-state index contributed by atoms with van der Waals surface area (Å²) in [4.78, 5) is 24.4. The zero-order chi connectivity index (χ0) is 17.4. The lowest BCUT2D eigenvalue weighted by Crippen LogP contribution is -2.49. The van der Waals surface area contributed by atoms with E-state index in [1.807, 2.05) is 18.2 Å². The highest BCUT2D eigenvalue weighted by atomic mass is 16.2. The topological polar surface area (TPSA) is 73.5 Å². The molecule has 132 valence electrons. The molecule has 0 saturated carbocycles. The van der Waals surface area contributed by atoms with Crippen molar-refractivity contribution in [2.45, 2.75) is 45.1 Å². The van der Waals surface area contributed by atoms with E-state index >= 15 is 0 Å². The zero-order valence-corrected chi connectivity index (χ0v) is 14.6. The minimum Gasteiger partial charge on any atom is -0.324 e.